The molecule has 0 saturated carbocycles. The summed E-state index contributed by atoms with van der Waals surface area (Å²) in [5, 5.41) is 0. The minimum atomic E-state index is 0.845. The number of benzene rings is 2. The van der Waals surface area contributed by atoms with Gasteiger partial charge in [-0.25, -0.2) is 0 Å². The van der Waals surface area contributed by atoms with Gasteiger partial charge in [0.05, 0.1) is 0 Å². The summed E-state index contributed by atoms with van der Waals surface area (Å²) < 4.78 is 5.76. The second-order valence-corrected chi connectivity index (χ2v) is 7.42. The summed E-state index contributed by atoms with van der Waals surface area (Å²) >= 11 is 0. The number of nitrogens with two attached hydrogens (primary N) is 2. The van der Waals surface area contributed by atoms with Gasteiger partial charge in [0, 0.05) is 24.6 Å². The average Bonchev–Trinajstić information content (AvgIpc) is 2.68. The number of rotatable bonds is 14. The van der Waals surface area contributed by atoms with E-state index >= 15 is 0 Å². The van der Waals surface area contributed by atoms with Crippen molar-refractivity contribution in [2.45, 2.75) is 64.2 Å². The zero-order valence-electron chi connectivity index (χ0n) is 16.7. The van der Waals surface area contributed by atoms with Gasteiger partial charge in [-0.2, -0.15) is 0 Å². The molecule has 0 aliphatic heterocycles. The lowest BCUT2D eigenvalue weighted by Crippen LogP contribution is -1.97. The number of hydrogen-bond acceptors (Lipinski definition) is 3. The van der Waals surface area contributed by atoms with Crippen molar-refractivity contribution in [1.82, 2.24) is 0 Å². The first-order valence-corrected chi connectivity index (χ1v) is 10.5. The van der Waals surface area contributed by atoms with E-state index in [0.717, 1.165) is 37.4 Å². The predicted molar refractivity (Wildman–Crippen MR) is 117 cm³/mol. The van der Waals surface area contributed by atoms with Crippen LogP contribution in [0.1, 0.15) is 62.5 Å². The van der Waals surface area contributed by atoms with E-state index in [9.17, 15) is 0 Å². The topological polar surface area (TPSA) is 61.3 Å². The van der Waals surface area contributed by atoms with Crippen LogP contribution in [0.3, 0.4) is 0 Å². The van der Waals surface area contributed by atoms with E-state index in [1.54, 1.807) is 0 Å². The lowest BCUT2D eigenvalue weighted by molar-refractivity contribution is 0.125. The molecule has 4 N–H and O–H groups in total. The maximum Gasteiger partial charge on any atom is 0.0466 e. The molecule has 2 aromatic rings. The van der Waals surface area contributed by atoms with Crippen molar-refractivity contribution in [3.63, 3.8) is 0 Å². The first kappa shape index (κ1) is 21.3. The second-order valence-electron chi connectivity index (χ2n) is 7.42. The Balaban J connectivity index is 1.32. The molecule has 0 aromatic heterocycles. The van der Waals surface area contributed by atoms with Gasteiger partial charge in [-0.05, 0) is 73.9 Å². The van der Waals surface area contributed by atoms with Crippen molar-refractivity contribution in [2.24, 2.45) is 0 Å². The molecule has 0 saturated heterocycles. The minimum absolute atomic E-state index is 0.845. The van der Waals surface area contributed by atoms with E-state index in [0.29, 0.717) is 0 Å². The molecule has 0 fully saturated rings. The number of nitrogen functional groups attached to an aromatic ring is 2. The molecule has 2 rings (SSSR count). The first-order chi connectivity index (χ1) is 13.2. The molecule has 0 spiro atoms. The molecule has 0 atom stereocenters. The highest BCUT2D eigenvalue weighted by Crippen LogP contribution is 2.12. The normalized spacial score (nSPS) is 11.0. The van der Waals surface area contributed by atoms with Crippen molar-refractivity contribution in [3.05, 3.63) is 59.7 Å². The molecule has 3 heteroatoms. The molecule has 0 unspecified atom stereocenters. The summed E-state index contributed by atoms with van der Waals surface area (Å²) in [4.78, 5) is 0. The van der Waals surface area contributed by atoms with Crippen LogP contribution in [0.25, 0.3) is 0 Å². The number of ether oxygens (including phenoxy) is 1. The van der Waals surface area contributed by atoms with E-state index in [2.05, 4.69) is 24.3 Å². The van der Waals surface area contributed by atoms with Crippen molar-refractivity contribution in [3.8, 4) is 0 Å². The van der Waals surface area contributed by atoms with E-state index in [1.807, 2.05) is 24.3 Å². The molecular formula is C24H36N2O. The fourth-order valence-electron chi connectivity index (χ4n) is 3.24. The third-order valence-electron chi connectivity index (χ3n) is 4.97. The molecule has 0 aliphatic rings. The van der Waals surface area contributed by atoms with Crippen LogP contribution in [-0.4, -0.2) is 13.2 Å². The van der Waals surface area contributed by atoms with Crippen LogP contribution in [0.4, 0.5) is 11.4 Å². The van der Waals surface area contributed by atoms with Crippen molar-refractivity contribution in [1.29, 1.82) is 0 Å². The quantitative estimate of drug-likeness (QED) is 0.328. The maximum atomic E-state index is 5.76. The molecule has 0 bridgehead atoms. The predicted octanol–water partition coefficient (Wildman–Crippen LogP) is 5.77. The highest BCUT2D eigenvalue weighted by atomic mass is 16.5. The number of aryl methyl sites for hydroxylation is 2. The number of unbranched alkanes of at least 4 members (excludes halogenated alkanes) is 6. The van der Waals surface area contributed by atoms with Crippen LogP contribution in [0.5, 0.6) is 0 Å². The van der Waals surface area contributed by atoms with E-state index in [-0.39, 0.29) is 0 Å². The molecule has 0 heterocycles. The molecular weight excluding hydrogens is 332 g/mol. The first-order valence-electron chi connectivity index (χ1n) is 10.5. The van der Waals surface area contributed by atoms with E-state index < -0.39 is 0 Å². The smallest absolute Gasteiger partial charge is 0.0466 e. The van der Waals surface area contributed by atoms with Crippen LogP contribution >= 0.6 is 0 Å². The fraction of sp³-hybridized carbons (Fsp3) is 0.500. The molecule has 148 valence electrons. The van der Waals surface area contributed by atoms with Crippen LogP contribution in [0.2, 0.25) is 0 Å². The van der Waals surface area contributed by atoms with E-state index in [1.165, 1.54) is 62.5 Å². The summed E-state index contributed by atoms with van der Waals surface area (Å²) in [6.45, 7) is 1.82. The van der Waals surface area contributed by atoms with Gasteiger partial charge >= 0.3 is 0 Å². The molecule has 0 radical (unpaired) electrons. The van der Waals surface area contributed by atoms with Gasteiger partial charge in [-0.15, -0.1) is 0 Å². The number of anilines is 2. The summed E-state index contributed by atoms with van der Waals surface area (Å²) in [6, 6.07) is 16.5. The van der Waals surface area contributed by atoms with Gasteiger partial charge in [0.1, 0.15) is 0 Å². The Kier molecular flexibility index (Phi) is 10.4. The van der Waals surface area contributed by atoms with Gasteiger partial charge in [-0.1, -0.05) is 49.9 Å². The summed E-state index contributed by atoms with van der Waals surface area (Å²) in [5.74, 6) is 0. The molecule has 27 heavy (non-hydrogen) atoms. The zero-order valence-corrected chi connectivity index (χ0v) is 16.7. The standard InChI is InChI=1S/C24H36N2O/c25-23-15-11-21(12-16-23)9-5-1-3-7-19-27-20-8-4-2-6-10-22-13-17-24(26)18-14-22/h11-18H,1-10,19-20,25-26H2. The highest BCUT2D eigenvalue weighted by molar-refractivity contribution is 5.39. The van der Waals surface area contributed by atoms with Gasteiger partial charge in [0.2, 0.25) is 0 Å². The molecule has 0 aliphatic carbocycles. The second kappa shape index (κ2) is 13.2. The molecule has 3 nitrogen and oxygen atoms in total. The Morgan fingerprint density at radius 2 is 0.852 bits per heavy atom. The lowest BCUT2D eigenvalue weighted by Gasteiger charge is -2.06. The van der Waals surface area contributed by atoms with Crippen LogP contribution < -0.4 is 11.5 Å². The fourth-order valence-corrected chi connectivity index (χ4v) is 3.24. The SMILES string of the molecule is Nc1ccc(CCCCCCOCCCCCCc2ccc(N)cc2)cc1. The minimum Gasteiger partial charge on any atom is -0.399 e. The molecule has 2 aromatic carbocycles. The van der Waals surface area contributed by atoms with Gasteiger partial charge in [0.15, 0.2) is 0 Å². The van der Waals surface area contributed by atoms with Crippen LogP contribution in [0, 0.1) is 0 Å². The molecule has 0 amide bonds. The third-order valence-corrected chi connectivity index (χ3v) is 4.97. The van der Waals surface area contributed by atoms with Gasteiger partial charge in [0.25, 0.3) is 0 Å². The lowest BCUT2D eigenvalue weighted by atomic mass is 10.1. The van der Waals surface area contributed by atoms with Crippen molar-refractivity contribution >= 4 is 11.4 Å². The monoisotopic (exact) mass is 368 g/mol. The van der Waals surface area contributed by atoms with Gasteiger partial charge < -0.3 is 16.2 Å². The zero-order chi connectivity index (χ0) is 19.2. The summed E-state index contributed by atoms with van der Waals surface area (Å²) in [6.07, 6.45) is 12.2. The Labute approximate surface area is 165 Å². The third kappa shape index (κ3) is 10.0. The Morgan fingerprint density at radius 1 is 0.481 bits per heavy atom. The Hall–Kier alpha value is -2.00. The van der Waals surface area contributed by atoms with Crippen LogP contribution in [-0.2, 0) is 17.6 Å². The number of hydrogen-bond donors (Lipinski definition) is 2. The summed E-state index contributed by atoms with van der Waals surface area (Å²) in [7, 11) is 0. The van der Waals surface area contributed by atoms with Crippen LogP contribution in [0.15, 0.2) is 48.5 Å². The average molecular weight is 369 g/mol. The maximum absolute atomic E-state index is 5.76. The highest BCUT2D eigenvalue weighted by Gasteiger charge is 1.97. The van der Waals surface area contributed by atoms with Crippen molar-refractivity contribution < 1.29 is 4.74 Å². The van der Waals surface area contributed by atoms with E-state index in [4.69, 9.17) is 16.2 Å². The van der Waals surface area contributed by atoms with Gasteiger partial charge in [-0.3, -0.25) is 0 Å². The summed E-state index contributed by atoms with van der Waals surface area (Å²) in [5.41, 5.74) is 15.9. The Bertz CT molecular complexity index is 552. The Morgan fingerprint density at radius 3 is 1.26 bits per heavy atom. The largest absolute Gasteiger partial charge is 0.399 e. The van der Waals surface area contributed by atoms with Crippen molar-refractivity contribution in [2.75, 3.05) is 24.7 Å².